The minimum atomic E-state index is -0.406. The van der Waals surface area contributed by atoms with Gasteiger partial charge in [0.1, 0.15) is 11.8 Å². The van der Waals surface area contributed by atoms with Gasteiger partial charge in [0, 0.05) is 45.7 Å². The summed E-state index contributed by atoms with van der Waals surface area (Å²) in [5.74, 6) is 0.181. The van der Waals surface area contributed by atoms with Crippen molar-refractivity contribution in [2.75, 3.05) is 25.0 Å². The van der Waals surface area contributed by atoms with Crippen molar-refractivity contribution in [2.45, 2.75) is 31.8 Å². The van der Waals surface area contributed by atoms with Crippen LogP contribution in [0.1, 0.15) is 36.0 Å². The zero-order valence-corrected chi connectivity index (χ0v) is 18.3. The zero-order chi connectivity index (χ0) is 22.4. The van der Waals surface area contributed by atoms with Gasteiger partial charge >= 0.3 is 0 Å². The summed E-state index contributed by atoms with van der Waals surface area (Å²) in [6, 6.07) is 5.52. The maximum atomic E-state index is 12.9. The lowest BCUT2D eigenvalue weighted by atomic mass is 10.2. The van der Waals surface area contributed by atoms with E-state index in [0.29, 0.717) is 34.9 Å². The molecule has 2 aliphatic rings. The molecule has 0 spiro atoms. The van der Waals surface area contributed by atoms with Gasteiger partial charge in [-0.25, -0.2) is 4.98 Å². The highest BCUT2D eigenvalue weighted by atomic mass is 16.5. The number of hydrogen-bond acceptors (Lipinski definition) is 5. The number of carbonyl (C=O) groups excluding carboxylic acids is 2. The van der Waals surface area contributed by atoms with Gasteiger partial charge in [-0.2, -0.15) is 0 Å². The van der Waals surface area contributed by atoms with Crippen LogP contribution in [0.15, 0.2) is 24.4 Å². The Morgan fingerprint density at radius 2 is 1.97 bits per heavy atom. The lowest BCUT2D eigenvalue weighted by molar-refractivity contribution is -0.124. The molecule has 2 amide bonds. The Labute approximate surface area is 185 Å². The van der Waals surface area contributed by atoms with Crippen molar-refractivity contribution in [1.29, 1.82) is 0 Å². The third kappa shape index (κ3) is 3.42. The highest BCUT2D eigenvalue weighted by molar-refractivity contribution is 6.00. The van der Waals surface area contributed by atoms with E-state index < -0.39 is 6.10 Å². The number of aromatic hydroxyl groups is 1. The van der Waals surface area contributed by atoms with E-state index in [4.69, 9.17) is 9.72 Å². The topological polar surface area (TPSA) is 102 Å². The van der Waals surface area contributed by atoms with E-state index in [2.05, 4.69) is 5.32 Å². The SMILES string of the molecule is Cn1cc(C(=O)N2CCCC2)c(O)c1-c1nc2cc(NC(=O)[C@@H]3CCCO3)ccc2n1C. The van der Waals surface area contributed by atoms with Gasteiger partial charge in [-0.3, -0.25) is 9.59 Å². The van der Waals surface area contributed by atoms with Gasteiger partial charge in [-0.15, -0.1) is 0 Å². The van der Waals surface area contributed by atoms with E-state index in [0.717, 1.165) is 44.3 Å². The van der Waals surface area contributed by atoms with Crippen molar-refractivity contribution in [3.63, 3.8) is 0 Å². The van der Waals surface area contributed by atoms with Crippen molar-refractivity contribution in [1.82, 2.24) is 19.0 Å². The molecule has 0 radical (unpaired) electrons. The Bertz CT molecular complexity index is 1200. The molecule has 9 heteroatoms. The second kappa shape index (κ2) is 7.98. The summed E-state index contributed by atoms with van der Waals surface area (Å²) in [5, 5.41) is 13.8. The number of nitrogens with one attached hydrogen (secondary N) is 1. The van der Waals surface area contributed by atoms with Crippen LogP contribution in [0.4, 0.5) is 5.69 Å². The van der Waals surface area contributed by atoms with Gasteiger partial charge < -0.3 is 29.2 Å². The molecule has 9 nitrogen and oxygen atoms in total. The average molecular weight is 438 g/mol. The molecule has 1 atom stereocenters. The predicted octanol–water partition coefficient (Wildman–Crippen LogP) is 2.64. The number of ether oxygens (including phenoxy) is 1. The second-order valence-electron chi connectivity index (χ2n) is 8.54. The minimum absolute atomic E-state index is 0.0604. The van der Waals surface area contributed by atoms with Crippen molar-refractivity contribution < 1.29 is 19.4 Å². The van der Waals surface area contributed by atoms with Crippen molar-refractivity contribution in [3.05, 3.63) is 30.0 Å². The normalized spacial score (nSPS) is 18.6. The van der Waals surface area contributed by atoms with Gasteiger partial charge in [-0.1, -0.05) is 0 Å². The minimum Gasteiger partial charge on any atom is -0.505 e. The molecular formula is C23H27N5O4. The molecule has 168 valence electrons. The molecule has 1 aromatic carbocycles. The van der Waals surface area contributed by atoms with Crippen LogP contribution in [-0.2, 0) is 23.6 Å². The van der Waals surface area contributed by atoms with E-state index in [9.17, 15) is 14.7 Å². The number of fused-ring (bicyclic) bond motifs is 1. The molecule has 32 heavy (non-hydrogen) atoms. The standard InChI is InChI=1S/C23H27N5O4/c1-26-13-15(23(31)28-9-3-4-10-28)20(29)19(26)21-25-16-12-14(7-8-17(16)27(21)2)24-22(30)18-6-5-11-32-18/h7-8,12-13,18,29H,3-6,9-11H2,1-2H3,(H,24,30)/t18-/m0/s1. The maximum Gasteiger partial charge on any atom is 0.259 e. The summed E-state index contributed by atoms with van der Waals surface area (Å²) in [6.07, 6.45) is 4.86. The molecule has 0 bridgehead atoms. The van der Waals surface area contributed by atoms with Crippen LogP contribution in [0.2, 0.25) is 0 Å². The Kier molecular flexibility index (Phi) is 5.13. The van der Waals surface area contributed by atoms with Crippen LogP contribution in [0.25, 0.3) is 22.6 Å². The Balaban J connectivity index is 1.47. The summed E-state index contributed by atoms with van der Waals surface area (Å²) in [7, 11) is 3.66. The van der Waals surface area contributed by atoms with Gasteiger partial charge in [0.2, 0.25) is 0 Å². The first-order chi connectivity index (χ1) is 15.4. The maximum absolute atomic E-state index is 12.9. The molecule has 0 saturated carbocycles. The van der Waals surface area contributed by atoms with Crippen LogP contribution < -0.4 is 5.32 Å². The lowest BCUT2D eigenvalue weighted by Gasteiger charge is -2.14. The third-order valence-electron chi connectivity index (χ3n) is 6.36. The monoisotopic (exact) mass is 437 g/mol. The summed E-state index contributed by atoms with van der Waals surface area (Å²) < 4.78 is 9.06. The quantitative estimate of drug-likeness (QED) is 0.653. The molecule has 3 aromatic rings. The van der Waals surface area contributed by atoms with Gasteiger partial charge in [0.25, 0.3) is 11.8 Å². The molecule has 4 heterocycles. The average Bonchev–Trinajstić information content (AvgIpc) is 3.56. The lowest BCUT2D eigenvalue weighted by Crippen LogP contribution is -2.27. The van der Waals surface area contributed by atoms with Crippen LogP contribution >= 0.6 is 0 Å². The number of imidazole rings is 1. The van der Waals surface area contributed by atoms with Gasteiger partial charge in [-0.05, 0) is 43.9 Å². The van der Waals surface area contributed by atoms with Crippen LogP contribution in [0.5, 0.6) is 5.75 Å². The Morgan fingerprint density at radius 1 is 1.19 bits per heavy atom. The number of aromatic nitrogens is 3. The van der Waals surface area contributed by atoms with Crippen molar-refractivity contribution >= 4 is 28.5 Å². The number of anilines is 1. The number of benzene rings is 1. The van der Waals surface area contributed by atoms with Crippen LogP contribution in [-0.4, -0.2) is 61.7 Å². The number of aryl methyl sites for hydroxylation is 2. The van der Waals surface area contributed by atoms with Crippen molar-refractivity contribution in [2.24, 2.45) is 14.1 Å². The molecule has 2 N–H and O–H groups in total. The molecule has 2 aromatic heterocycles. The van der Waals surface area contributed by atoms with E-state index >= 15 is 0 Å². The second-order valence-corrected chi connectivity index (χ2v) is 8.54. The van der Waals surface area contributed by atoms with E-state index in [1.807, 2.05) is 29.8 Å². The number of likely N-dealkylation sites (tertiary alicyclic amines) is 1. The highest BCUT2D eigenvalue weighted by Crippen LogP contribution is 2.36. The summed E-state index contributed by atoms with van der Waals surface area (Å²) in [4.78, 5) is 31.7. The van der Waals surface area contributed by atoms with Gasteiger partial charge in [0.05, 0.1) is 16.6 Å². The first-order valence-corrected chi connectivity index (χ1v) is 11.0. The molecule has 2 saturated heterocycles. The predicted molar refractivity (Wildman–Crippen MR) is 120 cm³/mol. The van der Waals surface area contributed by atoms with E-state index in [-0.39, 0.29) is 17.6 Å². The molecule has 5 rings (SSSR count). The number of carbonyl (C=O) groups is 2. The Hall–Kier alpha value is -3.33. The first-order valence-electron chi connectivity index (χ1n) is 11.0. The molecule has 2 fully saturated rings. The van der Waals surface area contributed by atoms with Crippen molar-refractivity contribution in [3.8, 4) is 17.3 Å². The smallest absolute Gasteiger partial charge is 0.259 e. The Morgan fingerprint density at radius 3 is 2.69 bits per heavy atom. The number of hydrogen-bond donors (Lipinski definition) is 2. The molecule has 2 aliphatic heterocycles. The van der Waals surface area contributed by atoms with Gasteiger partial charge in [0.15, 0.2) is 11.6 Å². The number of nitrogens with zero attached hydrogens (tertiary/aromatic N) is 4. The molecule has 0 aliphatic carbocycles. The number of amides is 2. The fourth-order valence-corrected chi connectivity index (χ4v) is 4.62. The zero-order valence-electron chi connectivity index (χ0n) is 18.3. The van der Waals surface area contributed by atoms with Crippen LogP contribution in [0, 0.1) is 0 Å². The number of rotatable bonds is 4. The van der Waals surface area contributed by atoms with E-state index in [1.165, 1.54) is 0 Å². The fraction of sp³-hybridized carbons (Fsp3) is 0.435. The largest absolute Gasteiger partial charge is 0.505 e. The van der Waals surface area contributed by atoms with E-state index in [1.54, 1.807) is 22.7 Å². The first kappa shape index (κ1) is 20.6. The van der Waals surface area contributed by atoms with Crippen LogP contribution in [0.3, 0.4) is 0 Å². The summed E-state index contributed by atoms with van der Waals surface area (Å²) in [5.41, 5.74) is 2.95. The summed E-state index contributed by atoms with van der Waals surface area (Å²) >= 11 is 0. The third-order valence-corrected chi connectivity index (χ3v) is 6.36. The highest BCUT2D eigenvalue weighted by Gasteiger charge is 2.28. The fourth-order valence-electron chi connectivity index (χ4n) is 4.62. The summed E-state index contributed by atoms with van der Waals surface area (Å²) in [6.45, 7) is 2.05. The molecular weight excluding hydrogens is 410 g/mol. The molecule has 0 unspecified atom stereocenters.